The third-order valence-electron chi connectivity index (χ3n) is 3.97. The molecule has 2 heterocycles. The van der Waals surface area contributed by atoms with Crippen LogP contribution in [0.2, 0.25) is 0 Å². The van der Waals surface area contributed by atoms with Crippen LogP contribution in [0, 0.1) is 13.8 Å². The van der Waals surface area contributed by atoms with Gasteiger partial charge < -0.3 is 14.1 Å². The topological polar surface area (TPSA) is 68.5 Å². The third-order valence-corrected chi connectivity index (χ3v) is 4.77. The highest BCUT2D eigenvalue weighted by Gasteiger charge is 2.26. The molecule has 1 fully saturated rings. The number of amides is 1. The Balaban J connectivity index is 1.61. The van der Waals surface area contributed by atoms with Crippen LogP contribution in [0.5, 0.6) is 0 Å². The molecule has 1 saturated heterocycles. The molecule has 2 atom stereocenters. The Bertz CT molecular complexity index is 732. The van der Waals surface area contributed by atoms with E-state index in [1.54, 1.807) is 0 Å². The van der Waals surface area contributed by atoms with Gasteiger partial charge in [-0.05, 0) is 39.8 Å². The van der Waals surface area contributed by atoms with Crippen LogP contribution >= 0.6 is 11.8 Å². The molecule has 25 heavy (non-hydrogen) atoms. The van der Waals surface area contributed by atoms with Crippen molar-refractivity contribution in [1.82, 2.24) is 15.1 Å². The van der Waals surface area contributed by atoms with Gasteiger partial charge in [0.2, 0.25) is 11.8 Å². The lowest BCUT2D eigenvalue weighted by Gasteiger charge is -2.35. The molecule has 6 nitrogen and oxygen atoms in total. The van der Waals surface area contributed by atoms with Crippen LogP contribution in [0.3, 0.4) is 0 Å². The van der Waals surface area contributed by atoms with E-state index in [-0.39, 0.29) is 23.9 Å². The molecule has 0 spiro atoms. The van der Waals surface area contributed by atoms with E-state index in [2.05, 4.69) is 16.3 Å². The fourth-order valence-corrected chi connectivity index (χ4v) is 3.75. The van der Waals surface area contributed by atoms with Crippen molar-refractivity contribution in [1.29, 1.82) is 0 Å². The quantitative estimate of drug-likeness (QED) is 0.780. The molecule has 0 unspecified atom stereocenters. The maximum absolute atomic E-state index is 12.4. The Morgan fingerprint density at radius 2 is 1.80 bits per heavy atom. The first-order chi connectivity index (χ1) is 11.9. The molecule has 1 aliphatic rings. The predicted octanol–water partition coefficient (Wildman–Crippen LogP) is 3.08. The Morgan fingerprint density at radius 3 is 2.44 bits per heavy atom. The molecule has 0 radical (unpaired) electrons. The van der Waals surface area contributed by atoms with Gasteiger partial charge in [-0.2, -0.15) is 0 Å². The van der Waals surface area contributed by atoms with Gasteiger partial charge in [0, 0.05) is 18.7 Å². The molecule has 1 aromatic carbocycles. The Kier molecular flexibility index (Phi) is 5.44. The Hall–Kier alpha value is -1.86. The number of nitrogens with zero attached hydrogens (tertiary/aromatic N) is 3. The van der Waals surface area contributed by atoms with Crippen LogP contribution in [-0.2, 0) is 9.53 Å². The fraction of sp³-hybridized carbons (Fsp3) is 0.500. The summed E-state index contributed by atoms with van der Waals surface area (Å²) in [6.07, 6.45) is 0.134. The number of hydrogen-bond donors (Lipinski definition) is 0. The van der Waals surface area contributed by atoms with E-state index < -0.39 is 0 Å². The lowest BCUT2D eigenvalue weighted by molar-refractivity contribution is -0.140. The number of rotatable bonds is 4. The Labute approximate surface area is 151 Å². The first kappa shape index (κ1) is 17.9. The number of morpholine rings is 1. The van der Waals surface area contributed by atoms with E-state index in [1.165, 1.54) is 11.8 Å². The molecule has 0 bridgehead atoms. The van der Waals surface area contributed by atoms with E-state index >= 15 is 0 Å². The third kappa shape index (κ3) is 4.61. The van der Waals surface area contributed by atoms with Crippen LogP contribution in [0.25, 0.3) is 11.5 Å². The van der Waals surface area contributed by atoms with Crippen LogP contribution in [-0.4, -0.2) is 52.1 Å². The molecular weight excluding hydrogens is 338 g/mol. The molecule has 1 aromatic heterocycles. The minimum Gasteiger partial charge on any atom is -0.411 e. The molecule has 3 rings (SSSR count). The summed E-state index contributed by atoms with van der Waals surface area (Å²) < 4.78 is 11.4. The van der Waals surface area contributed by atoms with Crippen molar-refractivity contribution in [2.24, 2.45) is 0 Å². The van der Waals surface area contributed by atoms with E-state index in [9.17, 15) is 4.79 Å². The fourth-order valence-electron chi connectivity index (χ4n) is 3.08. The largest absolute Gasteiger partial charge is 0.411 e. The van der Waals surface area contributed by atoms with E-state index in [1.807, 2.05) is 44.7 Å². The van der Waals surface area contributed by atoms with Gasteiger partial charge in [0.1, 0.15) is 0 Å². The van der Waals surface area contributed by atoms with Crippen LogP contribution < -0.4 is 0 Å². The van der Waals surface area contributed by atoms with Crippen LogP contribution in [0.15, 0.2) is 27.8 Å². The minimum atomic E-state index is 0.0669. The number of ether oxygens (including phenoxy) is 1. The average molecular weight is 361 g/mol. The van der Waals surface area contributed by atoms with Gasteiger partial charge in [-0.1, -0.05) is 29.0 Å². The molecule has 1 aliphatic heterocycles. The van der Waals surface area contributed by atoms with Gasteiger partial charge in [0.05, 0.1) is 18.0 Å². The van der Waals surface area contributed by atoms with Crippen LogP contribution in [0.4, 0.5) is 0 Å². The second kappa shape index (κ2) is 7.58. The zero-order valence-corrected chi connectivity index (χ0v) is 15.8. The van der Waals surface area contributed by atoms with Crippen LogP contribution in [0.1, 0.15) is 25.0 Å². The number of carbonyl (C=O) groups excluding carboxylic acids is 1. The van der Waals surface area contributed by atoms with Gasteiger partial charge >= 0.3 is 0 Å². The number of carbonyl (C=O) groups is 1. The molecule has 2 aromatic rings. The standard InChI is InChI=1S/C18H23N3O3S/c1-11-5-12(2)7-15(6-11)17-19-20-18(24-17)25-10-16(22)21-8-13(3)23-14(4)9-21/h5-7,13-14H,8-10H2,1-4H3/t13-,14-/m1/s1. The van der Waals surface area contributed by atoms with Crippen molar-refractivity contribution in [3.05, 3.63) is 29.3 Å². The second-order valence-corrected chi connectivity index (χ2v) is 7.52. The van der Waals surface area contributed by atoms with E-state index in [4.69, 9.17) is 9.15 Å². The number of aromatic nitrogens is 2. The number of hydrogen-bond acceptors (Lipinski definition) is 6. The summed E-state index contributed by atoms with van der Waals surface area (Å²) in [6.45, 7) is 9.29. The summed E-state index contributed by atoms with van der Waals surface area (Å²) in [6, 6.07) is 6.12. The van der Waals surface area contributed by atoms with Gasteiger partial charge in [0.15, 0.2) is 0 Å². The molecular formula is C18H23N3O3S. The lowest BCUT2D eigenvalue weighted by Crippen LogP contribution is -2.48. The number of benzene rings is 1. The first-order valence-corrected chi connectivity index (χ1v) is 9.37. The van der Waals surface area contributed by atoms with Crippen molar-refractivity contribution < 1.29 is 13.9 Å². The maximum atomic E-state index is 12.4. The SMILES string of the molecule is Cc1cc(C)cc(-c2nnc(SCC(=O)N3C[C@@H](C)O[C@H](C)C3)o2)c1. The van der Waals surface area contributed by atoms with E-state index in [0.717, 1.165) is 16.7 Å². The first-order valence-electron chi connectivity index (χ1n) is 8.39. The van der Waals surface area contributed by atoms with Crippen molar-refractivity contribution in [2.75, 3.05) is 18.8 Å². The molecule has 0 N–H and O–H groups in total. The van der Waals surface area contributed by atoms with Gasteiger partial charge in [-0.25, -0.2) is 0 Å². The lowest BCUT2D eigenvalue weighted by atomic mass is 10.1. The predicted molar refractivity (Wildman–Crippen MR) is 96.5 cm³/mol. The number of thioether (sulfide) groups is 1. The summed E-state index contributed by atoms with van der Waals surface area (Å²) >= 11 is 1.28. The minimum absolute atomic E-state index is 0.0669. The monoisotopic (exact) mass is 361 g/mol. The van der Waals surface area contributed by atoms with Gasteiger partial charge in [-0.3, -0.25) is 4.79 Å². The molecule has 1 amide bonds. The zero-order chi connectivity index (χ0) is 18.0. The number of aryl methyl sites for hydroxylation is 2. The highest BCUT2D eigenvalue weighted by Crippen LogP contribution is 2.25. The summed E-state index contributed by atoms with van der Waals surface area (Å²) in [7, 11) is 0. The molecule has 134 valence electrons. The smallest absolute Gasteiger partial charge is 0.277 e. The van der Waals surface area contributed by atoms with Crippen molar-refractivity contribution in [2.45, 2.75) is 45.1 Å². The second-order valence-electron chi connectivity index (χ2n) is 6.59. The van der Waals surface area contributed by atoms with Gasteiger partial charge in [0.25, 0.3) is 5.22 Å². The Morgan fingerprint density at radius 1 is 1.16 bits per heavy atom. The average Bonchev–Trinajstić information content (AvgIpc) is 2.99. The highest BCUT2D eigenvalue weighted by molar-refractivity contribution is 7.99. The summed E-state index contributed by atoms with van der Waals surface area (Å²) in [5.41, 5.74) is 3.19. The molecule has 7 heteroatoms. The highest BCUT2D eigenvalue weighted by atomic mass is 32.2. The van der Waals surface area contributed by atoms with Crippen molar-refractivity contribution >= 4 is 17.7 Å². The summed E-state index contributed by atoms with van der Waals surface area (Å²) in [5, 5.41) is 8.56. The molecule has 0 saturated carbocycles. The van der Waals surface area contributed by atoms with Crippen molar-refractivity contribution in [3.63, 3.8) is 0 Å². The zero-order valence-electron chi connectivity index (χ0n) is 15.0. The van der Waals surface area contributed by atoms with Crippen molar-refractivity contribution in [3.8, 4) is 11.5 Å². The summed E-state index contributed by atoms with van der Waals surface area (Å²) in [5.74, 6) is 0.835. The van der Waals surface area contributed by atoms with Gasteiger partial charge in [-0.15, -0.1) is 10.2 Å². The molecule has 0 aliphatic carbocycles. The maximum Gasteiger partial charge on any atom is 0.277 e. The normalized spacial score (nSPS) is 20.7. The van der Waals surface area contributed by atoms with E-state index in [0.29, 0.717) is 24.2 Å². The summed E-state index contributed by atoms with van der Waals surface area (Å²) in [4.78, 5) is 14.2.